The van der Waals surface area contributed by atoms with Gasteiger partial charge in [-0.3, -0.25) is 5.14 Å². The summed E-state index contributed by atoms with van der Waals surface area (Å²) in [4.78, 5) is 0. The van der Waals surface area contributed by atoms with Gasteiger partial charge in [0.05, 0.1) is 18.7 Å². The zero-order valence-electron chi connectivity index (χ0n) is 3.59. The van der Waals surface area contributed by atoms with E-state index in [1.165, 1.54) is 0 Å². The largest absolute Gasteiger partial charge is 0.256 e. The second-order valence-corrected chi connectivity index (χ2v) is 1.02. The van der Waals surface area contributed by atoms with Crippen LogP contribution in [0.3, 0.4) is 0 Å². The molecule has 0 radical (unpaired) electrons. The predicted octanol–water partition coefficient (Wildman–Crippen LogP) is 0.980. The van der Waals surface area contributed by atoms with E-state index in [0.29, 0.717) is 6.54 Å². The van der Waals surface area contributed by atoms with Crippen molar-refractivity contribution in [2.75, 3.05) is 6.54 Å². The molecule has 0 saturated heterocycles. The van der Waals surface area contributed by atoms with E-state index >= 15 is 0 Å². The van der Waals surface area contributed by atoms with Crippen molar-refractivity contribution in [2.24, 2.45) is 14.8 Å². The molecule has 0 amide bonds. The van der Waals surface area contributed by atoms with Crippen LogP contribution in [0.1, 0.15) is 6.92 Å². The molecule has 3 nitrogen and oxygen atoms in total. The molecule has 0 aromatic heterocycles. The van der Waals surface area contributed by atoms with Gasteiger partial charge in [0.2, 0.25) is 0 Å². The SMILES string of the molecule is CCN=NSN. The molecule has 0 aromatic carbocycles. The Bertz CT molecular complexity index is 38.1. The minimum atomic E-state index is 0.712. The molecule has 0 rings (SSSR count). The second kappa shape index (κ2) is 4.91. The minimum Gasteiger partial charge on any atom is -0.256 e. The molecular weight excluding hydrogens is 98.1 g/mol. The number of hydrogen-bond donors (Lipinski definition) is 1. The molecule has 0 atom stereocenters. The minimum absolute atomic E-state index is 0.712. The van der Waals surface area contributed by atoms with Crippen LogP contribution >= 0.6 is 12.1 Å². The molecule has 0 unspecified atom stereocenters. The average molecular weight is 105 g/mol. The first kappa shape index (κ1) is 5.91. The summed E-state index contributed by atoms with van der Waals surface area (Å²) in [7, 11) is 0. The first-order valence-corrected chi connectivity index (χ1v) is 2.48. The van der Waals surface area contributed by atoms with Crippen molar-refractivity contribution in [2.45, 2.75) is 6.92 Å². The van der Waals surface area contributed by atoms with Crippen molar-refractivity contribution in [3.8, 4) is 0 Å². The van der Waals surface area contributed by atoms with Crippen LogP contribution in [-0.2, 0) is 0 Å². The van der Waals surface area contributed by atoms with E-state index in [-0.39, 0.29) is 0 Å². The third-order valence-corrected chi connectivity index (χ3v) is 0.456. The predicted molar refractivity (Wildman–Crippen MR) is 27.2 cm³/mol. The maximum absolute atomic E-state index is 4.87. The molecule has 0 bridgehead atoms. The molecule has 0 aromatic rings. The lowest BCUT2D eigenvalue weighted by molar-refractivity contribution is 1.04. The van der Waals surface area contributed by atoms with Crippen molar-refractivity contribution < 1.29 is 0 Å². The molecule has 0 heterocycles. The van der Waals surface area contributed by atoms with E-state index in [0.717, 1.165) is 12.1 Å². The van der Waals surface area contributed by atoms with Gasteiger partial charge in [0, 0.05) is 0 Å². The van der Waals surface area contributed by atoms with E-state index in [4.69, 9.17) is 5.14 Å². The quantitative estimate of drug-likeness (QED) is 0.420. The lowest BCUT2D eigenvalue weighted by Crippen LogP contribution is -1.68. The first-order chi connectivity index (χ1) is 2.91. The van der Waals surface area contributed by atoms with Gasteiger partial charge in [0.25, 0.3) is 0 Å². The highest BCUT2D eigenvalue weighted by molar-refractivity contribution is 7.95. The van der Waals surface area contributed by atoms with E-state index in [9.17, 15) is 0 Å². The van der Waals surface area contributed by atoms with Crippen molar-refractivity contribution in [1.29, 1.82) is 0 Å². The van der Waals surface area contributed by atoms with Gasteiger partial charge < -0.3 is 0 Å². The Labute approximate surface area is 41.3 Å². The molecule has 0 aliphatic heterocycles. The van der Waals surface area contributed by atoms with Gasteiger partial charge in [-0.05, 0) is 6.92 Å². The summed E-state index contributed by atoms with van der Waals surface area (Å²) in [6.45, 7) is 2.62. The van der Waals surface area contributed by atoms with Crippen LogP contribution in [0.25, 0.3) is 0 Å². The van der Waals surface area contributed by atoms with Crippen molar-refractivity contribution in [3.05, 3.63) is 0 Å². The number of hydrogen-bond acceptors (Lipinski definition) is 4. The smallest absolute Gasteiger partial charge is 0.0792 e. The molecule has 0 spiro atoms. The van der Waals surface area contributed by atoms with Crippen LogP contribution in [0.5, 0.6) is 0 Å². The van der Waals surface area contributed by atoms with Crippen molar-refractivity contribution >= 4 is 12.1 Å². The van der Waals surface area contributed by atoms with E-state index in [2.05, 4.69) is 9.63 Å². The van der Waals surface area contributed by atoms with Gasteiger partial charge in [-0.1, -0.05) is 0 Å². The Hall–Kier alpha value is -0.0900. The summed E-state index contributed by atoms with van der Waals surface area (Å²) < 4.78 is 3.41. The summed E-state index contributed by atoms with van der Waals surface area (Å²) in [6.07, 6.45) is 0. The zero-order valence-corrected chi connectivity index (χ0v) is 4.40. The number of rotatable bonds is 2. The standard InChI is InChI=1S/C2H7N3S/c1-2-4-5-6-3/h2-3H2,1H3. The number of nitrogens with two attached hydrogens (primary N) is 1. The van der Waals surface area contributed by atoms with Gasteiger partial charge in [0.15, 0.2) is 0 Å². The van der Waals surface area contributed by atoms with Crippen LogP contribution in [-0.4, -0.2) is 6.54 Å². The van der Waals surface area contributed by atoms with Crippen LogP contribution in [0.4, 0.5) is 0 Å². The summed E-state index contributed by atoms with van der Waals surface area (Å²) in [5, 5.41) is 8.42. The molecule has 36 valence electrons. The van der Waals surface area contributed by atoms with Crippen LogP contribution < -0.4 is 5.14 Å². The van der Waals surface area contributed by atoms with E-state index in [1.54, 1.807) is 0 Å². The zero-order chi connectivity index (χ0) is 4.83. The van der Waals surface area contributed by atoms with Crippen molar-refractivity contribution in [3.63, 3.8) is 0 Å². The summed E-state index contributed by atoms with van der Waals surface area (Å²) in [5.41, 5.74) is 0. The maximum Gasteiger partial charge on any atom is 0.0792 e. The lowest BCUT2D eigenvalue weighted by atomic mass is 10.8. The van der Waals surface area contributed by atoms with Gasteiger partial charge >= 0.3 is 0 Å². The Morgan fingerprint density at radius 3 is 2.67 bits per heavy atom. The van der Waals surface area contributed by atoms with Crippen molar-refractivity contribution in [1.82, 2.24) is 0 Å². The van der Waals surface area contributed by atoms with Crippen LogP contribution in [0, 0.1) is 0 Å². The lowest BCUT2D eigenvalue weighted by Gasteiger charge is -1.72. The molecule has 0 aliphatic rings. The summed E-state index contributed by atoms with van der Waals surface area (Å²) in [5.74, 6) is 0. The monoisotopic (exact) mass is 105 g/mol. The highest BCUT2D eigenvalue weighted by atomic mass is 32.2. The normalized spacial score (nSPS) is 10.3. The molecule has 0 saturated carbocycles. The third kappa shape index (κ3) is 3.91. The molecule has 0 fully saturated rings. The van der Waals surface area contributed by atoms with Gasteiger partial charge in [0.1, 0.15) is 0 Å². The first-order valence-electron chi connectivity index (χ1n) is 1.64. The molecular formula is C2H7N3S. The Balaban J connectivity index is 2.73. The number of nitrogens with zero attached hydrogens (tertiary/aromatic N) is 2. The molecule has 6 heavy (non-hydrogen) atoms. The summed E-state index contributed by atoms with van der Waals surface area (Å²) in [6, 6.07) is 0. The topological polar surface area (TPSA) is 50.7 Å². The van der Waals surface area contributed by atoms with Crippen LogP contribution in [0.2, 0.25) is 0 Å². The Kier molecular flexibility index (Phi) is 4.84. The Morgan fingerprint density at radius 2 is 2.50 bits per heavy atom. The molecule has 4 heteroatoms. The van der Waals surface area contributed by atoms with Gasteiger partial charge in [-0.2, -0.15) is 5.11 Å². The van der Waals surface area contributed by atoms with Gasteiger partial charge in [-0.15, -0.1) is 4.52 Å². The molecule has 2 N–H and O–H groups in total. The third-order valence-electron chi connectivity index (χ3n) is 0.246. The fraction of sp³-hybridized carbons (Fsp3) is 1.00. The maximum atomic E-state index is 4.87. The fourth-order valence-corrected chi connectivity index (χ4v) is 0.273. The second-order valence-electron chi connectivity index (χ2n) is 0.645. The summed E-state index contributed by atoms with van der Waals surface area (Å²) >= 11 is 0.885. The van der Waals surface area contributed by atoms with E-state index < -0.39 is 0 Å². The average Bonchev–Trinajstić information content (AvgIpc) is 1.61. The fourth-order valence-electron chi connectivity index (χ4n) is 0.0911. The van der Waals surface area contributed by atoms with E-state index in [1.807, 2.05) is 6.92 Å². The van der Waals surface area contributed by atoms with Gasteiger partial charge in [-0.25, -0.2) is 0 Å². The molecule has 0 aliphatic carbocycles. The highest BCUT2D eigenvalue weighted by Crippen LogP contribution is 1.86. The van der Waals surface area contributed by atoms with Crippen LogP contribution in [0.15, 0.2) is 9.63 Å². The highest BCUT2D eigenvalue weighted by Gasteiger charge is 1.61. The Morgan fingerprint density at radius 1 is 1.83 bits per heavy atom.